The van der Waals surface area contributed by atoms with E-state index in [-0.39, 0.29) is 0 Å². The Morgan fingerprint density at radius 1 is 1.42 bits per heavy atom. The molecule has 1 rings (SSSR count). The number of carboxylic acids is 1. The van der Waals surface area contributed by atoms with Gasteiger partial charge < -0.3 is 16.2 Å². The van der Waals surface area contributed by atoms with E-state index < -0.39 is 30.4 Å². The molecule has 4 N–H and O–H groups in total. The van der Waals surface area contributed by atoms with E-state index >= 15 is 0 Å². The molecule has 1 aromatic rings. The maximum atomic E-state index is 11.7. The van der Waals surface area contributed by atoms with Gasteiger partial charge in [-0.25, -0.2) is 0 Å². The minimum atomic E-state index is -1.13. The van der Waals surface area contributed by atoms with Crippen molar-refractivity contribution in [2.75, 3.05) is 0 Å². The van der Waals surface area contributed by atoms with Crippen molar-refractivity contribution in [3.05, 3.63) is 33.8 Å². The van der Waals surface area contributed by atoms with Crippen molar-refractivity contribution in [1.29, 1.82) is 0 Å². The van der Waals surface area contributed by atoms with Crippen LogP contribution in [-0.2, 0) is 9.59 Å². The molecule has 1 amide bonds. The van der Waals surface area contributed by atoms with Gasteiger partial charge in [-0.3, -0.25) is 9.59 Å². The summed E-state index contributed by atoms with van der Waals surface area (Å²) in [5.41, 5.74) is 6.14. The number of amides is 1. The van der Waals surface area contributed by atoms with Gasteiger partial charge in [0, 0.05) is 10.0 Å². The summed E-state index contributed by atoms with van der Waals surface area (Å²) in [5.74, 6) is -1.67. The number of carbonyl (C=O) groups excluding carboxylic acids is 1. The fourth-order valence-electron chi connectivity index (χ4n) is 1.53. The van der Waals surface area contributed by atoms with Gasteiger partial charge in [0.25, 0.3) is 0 Å². The molecule has 0 bridgehead atoms. The minimum absolute atomic E-state index is 0.392. The lowest BCUT2D eigenvalue weighted by Gasteiger charge is -2.18. The Hall–Kier alpha value is -1.30. The lowest BCUT2D eigenvalue weighted by atomic mass is 10.1. The molecule has 1 aromatic carbocycles. The van der Waals surface area contributed by atoms with Crippen LogP contribution < -0.4 is 11.1 Å². The molecule has 7 heteroatoms. The molecule has 0 fully saturated rings. The molecule has 0 radical (unpaired) electrons. The zero-order valence-electron chi connectivity index (χ0n) is 10.2. The van der Waals surface area contributed by atoms with E-state index in [0.717, 1.165) is 0 Å². The molecule has 0 heterocycles. The molecule has 0 aliphatic heterocycles. The van der Waals surface area contributed by atoms with Crippen LogP contribution in [0.25, 0.3) is 0 Å². The smallest absolute Gasteiger partial charge is 0.305 e. The second-order valence-electron chi connectivity index (χ2n) is 4.10. The first-order valence-corrected chi connectivity index (χ1v) is 6.29. The quantitative estimate of drug-likeness (QED) is 0.775. The standard InChI is InChI=1S/C12H14Cl2N2O3/c1-6(8-3-2-7(13)4-9(8)14)16-12(19)10(15)5-11(17)18/h2-4,6,10H,5,15H2,1H3,(H,16,19)(H,17,18). The molecule has 19 heavy (non-hydrogen) atoms. The number of aliphatic carboxylic acids is 1. The van der Waals surface area contributed by atoms with Crippen molar-refractivity contribution in [2.24, 2.45) is 5.73 Å². The zero-order valence-corrected chi connectivity index (χ0v) is 11.7. The first-order valence-electron chi connectivity index (χ1n) is 5.54. The van der Waals surface area contributed by atoms with Crippen LogP contribution in [0, 0.1) is 0 Å². The van der Waals surface area contributed by atoms with E-state index in [1.54, 1.807) is 25.1 Å². The van der Waals surface area contributed by atoms with Crippen molar-refractivity contribution in [1.82, 2.24) is 5.32 Å². The fraction of sp³-hybridized carbons (Fsp3) is 0.333. The number of hydrogen-bond acceptors (Lipinski definition) is 3. The van der Waals surface area contributed by atoms with E-state index in [9.17, 15) is 9.59 Å². The average molecular weight is 305 g/mol. The highest BCUT2D eigenvalue weighted by Crippen LogP contribution is 2.26. The molecule has 5 nitrogen and oxygen atoms in total. The summed E-state index contributed by atoms with van der Waals surface area (Å²) in [5, 5.41) is 12.1. The normalized spacial score (nSPS) is 13.7. The number of nitrogens with two attached hydrogens (primary N) is 1. The summed E-state index contributed by atoms with van der Waals surface area (Å²) in [4.78, 5) is 22.1. The van der Waals surface area contributed by atoms with Gasteiger partial charge in [0.15, 0.2) is 0 Å². The lowest BCUT2D eigenvalue weighted by Crippen LogP contribution is -2.42. The number of nitrogens with one attached hydrogen (secondary N) is 1. The van der Waals surface area contributed by atoms with Gasteiger partial charge in [0.2, 0.25) is 5.91 Å². The first-order chi connectivity index (χ1) is 8.81. The molecule has 0 saturated carbocycles. The van der Waals surface area contributed by atoms with E-state index in [1.807, 2.05) is 0 Å². The Morgan fingerprint density at radius 3 is 2.58 bits per heavy atom. The van der Waals surface area contributed by atoms with Crippen LogP contribution in [0.1, 0.15) is 24.9 Å². The van der Waals surface area contributed by atoms with Crippen LogP contribution in [0.5, 0.6) is 0 Å². The molecule has 0 aliphatic carbocycles. The van der Waals surface area contributed by atoms with E-state index in [2.05, 4.69) is 5.32 Å². The predicted molar refractivity (Wildman–Crippen MR) is 73.2 cm³/mol. The van der Waals surface area contributed by atoms with Crippen LogP contribution in [0.15, 0.2) is 18.2 Å². The van der Waals surface area contributed by atoms with Gasteiger partial charge in [0.05, 0.1) is 18.5 Å². The van der Waals surface area contributed by atoms with Gasteiger partial charge >= 0.3 is 5.97 Å². The Kier molecular flexibility index (Phi) is 5.60. The number of benzene rings is 1. The summed E-state index contributed by atoms with van der Waals surface area (Å²) in [6, 6.07) is 3.43. The first kappa shape index (κ1) is 15.8. The molecule has 0 aliphatic rings. The third kappa shape index (κ3) is 4.70. The predicted octanol–water partition coefficient (Wildman–Crippen LogP) is 1.97. The molecule has 2 unspecified atom stereocenters. The van der Waals surface area contributed by atoms with Crippen molar-refractivity contribution < 1.29 is 14.7 Å². The Labute approximate surface area is 120 Å². The van der Waals surface area contributed by atoms with Crippen LogP contribution >= 0.6 is 23.2 Å². The van der Waals surface area contributed by atoms with Crippen molar-refractivity contribution in [2.45, 2.75) is 25.4 Å². The second-order valence-corrected chi connectivity index (χ2v) is 4.94. The highest BCUT2D eigenvalue weighted by molar-refractivity contribution is 6.35. The zero-order chi connectivity index (χ0) is 14.6. The number of carbonyl (C=O) groups is 2. The number of rotatable bonds is 5. The Balaban J connectivity index is 2.71. The third-order valence-electron chi connectivity index (χ3n) is 2.52. The van der Waals surface area contributed by atoms with Gasteiger partial charge in [-0.1, -0.05) is 29.3 Å². The van der Waals surface area contributed by atoms with E-state index in [4.69, 9.17) is 34.0 Å². The summed E-state index contributed by atoms with van der Waals surface area (Å²) >= 11 is 11.8. The molecule has 2 atom stereocenters. The lowest BCUT2D eigenvalue weighted by molar-refractivity contribution is -0.139. The maximum Gasteiger partial charge on any atom is 0.305 e. The minimum Gasteiger partial charge on any atom is -0.481 e. The monoisotopic (exact) mass is 304 g/mol. The SMILES string of the molecule is CC(NC(=O)C(N)CC(=O)O)c1ccc(Cl)cc1Cl. The number of halogens is 2. The largest absolute Gasteiger partial charge is 0.481 e. The van der Waals surface area contributed by atoms with Gasteiger partial charge in [0.1, 0.15) is 0 Å². The van der Waals surface area contributed by atoms with Crippen LogP contribution in [0.3, 0.4) is 0 Å². The molecule has 104 valence electrons. The van der Waals surface area contributed by atoms with Gasteiger partial charge in [-0.2, -0.15) is 0 Å². The average Bonchev–Trinajstić information content (AvgIpc) is 2.27. The summed E-state index contributed by atoms with van der Waals surface area (Å²) < 4.78 is 0. The Bertz CT molecular complexity index is 494. The summed E-state index contributed by atoms with van der Waals surface area (Å²) in [7, 11) is 0. The van der Waals surface area contributed by atoms with Gasteiger partial charge in [-0.05, 0) is 24.6 Å². The molecular formula is C12H14Cl2N2O3. The summed E-state index contributed by atoms with van der Waals surface area (Å²) in [6.07, 6.45) is -0.424. The van der Waals surface area contributed by atoms with Crippen LogP contribution in [-0.4, -0.2) is 23.0 Å². The molecule has 0 aromatic heterocycles. The topological polar surface area (TPSA) is 92.4 Å². The summed E-state index contributed by atoms with van der Waals surface area (Å²) in [6.45, 7) is 1.72. The van der Waals surface area contributed by atoms with Crippen molar-refractivity contribution >= 4 is 35.1 Å². The Morgan fingerprint density at radius 2 is 2.05 bits per heavy atom. The van der Waals surface area contributed by atoms with Crippen molar-refractivity contribution in [3.63, 3.8) is 0 Å². The van der Waals surface area contributed by atoms with Gasteiger partial charge in [-0.15, -0.1) is 0 Å². The fourth-order valence-corrected chi connectivity index (χ4v) is 2.10. The number of carboxylic acid groups (broad SMARTS) is 1. The van der Waals surface area contributed by atoms with E-state index in [0.29, 0.717) is 15.6 Å². The maximum absolute atomic E-state index is 11.7. The molecular weight excluding hydrogens is 291 g/mol. The van der Waals surface area contributed by atoms with Crippen LogP contribution in [0.4, 0.5) is 0 Å². The molecule has 0 saturated heterocycles. The highest BCUT2D eigenvalue weighted by Gasteiger charge is 2.20. The molecule has 0 spiro atoms. The van der Waals surface area contributed by atoms with Crippen molar-refractivity contribution in [3.8, 4) is 0 Å². The van der Waals surface area contributed by atoms with Crippen LogP contribution in [0.2, 0.25) is 10.0 Å². The van der Waals surface area contributed by atoms with E-state index in [1.165, 1.54) is 0 Å². The highest BCUT2D eigenvalue weighted by atomic mass is 35.5. The number of hydrogen-bond donors (Lipinski definition) is 3. The third-order valence-corrected chi connectivity index (χ3v) is 3.08. The second kappa shape index (κ2) is 6.75.